The van der Waals surface area contributed by atoms with Gasteiger partial charge >= 0.3 is 0 Å². The number of piperidine rings is 1. The van der Waals surface area contributed by atoms with E-state index in [1.165, 1.54) is 6.42 Å². The monoisotopic (exact) mass is 197 g/mol. The van der Waals surface area contributed by atoms with Gasteiger partial charge in [0.15, 0.2) is 0 Å². The Kier molecular flexibility index (Phi) is 2.49. The van der Waals surface area contributed by atoms with Crippen LogP contribution in [-0.2, 0) is 4.79 Å². The number of carbonyl (C=O) groups excluding carboxylic acids is 1. The Bertz CT molecular complexity index is 238. The van der Waals surface area contributed by atoms with Crippen molar-refractivity contribution in [1.82, 2.24) is 4.90 Å². The molecule has 80 valence electrons. The van der Waals surface area contributed by atoms with E-state index in [0.717, 1.165) is 32.4 Å². The van der Waals surface area contributed by atoms with Crippen LogP contribution in [0.3, 0.4) is 0 Å². The predicted molar refractivity (Wildman–Crippen MR) is 54.5 cm³/mol. The molecule has 14 heavy (non-hydrogen) atoms. The van der Waals surface area contributed by atoms with Gasteiger partial charge in [-0.3, -0.25) is 4.79 Å². The lowest BCUT2D eigenvalue weighted by Crippen LogP contribution is -2.49. The molecular formula is C10H19N3O. The van der Waals surface area contributed by atoms with Crippen LogP contribution in [0.2, 0.25) is 0 Å². The van der Waals surface area contributed by atoms with E-state index in [2.05, 4.69) is 0 Å². The normalized spacial score (nSPS) is 37.0. The molecule has 2 aliphatic rings. The van der Waals surface area contributed by atoms with Crippen LogP contribution in [0.15, 0.2) is 0 Å². The first-order chi connectivity index (χ1) is 6.68. The maximum absolute atomic E-state index is 12.0. The Balaban J connectivity index is 1.94. The van der Waals surface area contributed by atoms with Gasteiger partial charge in [0, 0.05) is 19.0 Å². The van der Waals surface area contributed by atoms with Crippen LogP contribution in [0.5, 0.6) is 0 Å². The van der Waals surface area contributed by atoms with Gasteiger partial charge in [-0.15, -0.1) is 0 Å². The van der Waals surface area contributed by atoms with Crippen molar-refractivity contribution in [1.29, 1.82) is 0 Å². The molecule has 1 aliphatic heterocycles. The molecule has 4 heteroatoms. The Hall–Kier alpha value is -0.610. The van der Waals surface area contributed by atoms with Crippen molar-refractivity contribution in [3.63, 3.8) is 0 Å². The number of likely N-dealkylation sites (tertiary alicyclic amines) is 1. The highest BCUT2D eigenvalue weighted by Gasteiger charge is 2.57. The van der Waals surface area contributed by atoms with Crippen molar-refractivity contribution in [3.05, 3.63) is 0 Å². The lowest BCUT2D eigenvalue weighted by atomic mass is 10.1. The molecule has 0 aromatic carbocycles. The quantitative estimate of drug-likeness (QED) is 0.637. The van der Waals surface area contributed by atoms with Crippen molar-refractivity contribution in [3.8, 4) is 0 Å². The van der Waals surface area contributed by atoms with Crippen molar-refractivity contribution in [2.45, 2.75) is 31.2 Å². The minimum atomic E-state index is -0.605. The summed E-state index contributed by atoms with van der Waals surface area (Å²) < 4.78 is 0. The molecule has 4 nitrogen and oxygen atoms in total. The summed E-state index contributed by atoms with van der Waals surface area (Å²) in [6, 6.07) is 0. The first-order valence-electron chi connectivity index (χ1n) is 5.47. The predicted octanol–water partition coefficient (Wildman–Crippen LogP) is -0.325. The summed E-state index contributed by atoms with van der Waals surface area (Å²) >= 11 is 0. The van der Waals surface area contributed by atoms with Gasteiger partial charge in [0.2, 0.25) is 5.91 Å². The number of rotatable bonds is 2. The van der Waals surface area contributed by atoms with E-state index >= 15 is 0 Å². The van der Waals surface area contributed by atoms with Crippen LogP contribution in [0, 0.1) is 5.92 Å². The number of nitrogens with zero attached hydrogens (tertiary/aromatic N) is 1. The van der Waals surface area contributed by atoms with Crippen LogP contribution in [0.1, 0.15) is 25.7 Å². The SMILES string of the molecule is NC[C@H]1C[C@]1(N)C(=O)N1CCCCC1. The van der Waals surface area contributed by atoms with Gasteiger partial charge in [-0.2, -0.15) is 0 Å². The van der Waals surface area contributed by atoms with Gasteiger partial charge in [-0.25, -0.2) is 0 Å². The molecule has 0 radical (unpaired) electrons. The van der Waals surface area contributed by atoms with Gasteiger partial charge < -0.3 is 16.4 Å². The fourth-order valence-corrected chi connectivity index (χ4v) is 2.30. The highest BCUT2D eigenvalue weighted by Crippen LogP contribution is 2.41. The second-order valence-corrected chi connectivity index (χ2v) is 4.53. The fraction of sp³-hybridized carbons (Fsp3) is 0.900. The molecule has 1 saturated carbocycles. The van der Waals surface area contributed by atoms with Gasteiger partial charge in [-0.1, -0.05) is 0 Å². The zero-order chi connectivity index (χ0) is 10.2. The fourth-order valence-electron chi connectivity index (χ4n) is 2.30. The summed E-state index contributed by atoms with van der Waals surface area (Å²) in [5.41, 5.74) is 10.9. The van der Waals surface area contributed by atoms with E-state index in [-0.39, 0.29) is 11.8 Å². The highest BCUT2D eigenvalue weighted by atomic mass is 16.2. The molecule has 0 aromatic heterocycles. The molecule has 2 rings (SSSR count). The number of carbonyl (C=O) groups is 1. The molecule has 1 amide bonds. The van der Waals surface area contributed by atoms with Gasteiger partial charge in [0.05, 0.1) is 0 Å². The van der Waals surface area contributed by atoms with Crippen LogP contribution >= 0.6 is 0 Å². The van der Waals surface area contributed by atoms with Crippen LogP contribution in [-0.4, -0.2) is 36.0 Å². The molecule has 1 aliphatic carbocycles. The van der Waals surface area contributed by atoms with Gasteiger partial charge in [0.25, 0.3) is 0 Å². The third-order valence-electron chi connectivity index (χ3n) is 3.48. The molecule has 1 saturated heterocycles. The van der Waals surface area contributed by atoms with Gasteiger partial charge in [-0.05, 0) is 32.2 Å². The van der Waals surface area contributed by atoms with E-state index in [4.69, 9.17) is 11.5 Å². The molecule has 0 aromatic rings. The highest BCUT2D eigenvalue weighted by molar-refractivity contribution is 5.90. The summed E-state index contributed by atoms with van der Waals surface area (Å²) in [4.78, 5) is 13.9. The summed E-state index contributed by atoms with van der Waals surface area (Å²) in [5.74, 6) is 0.351. The summed E-state index contributed by atoms with van der Waals surface area (Å²) in [6.45, 7) is 2.31. The largest absolute Gasteiger partial charge is 0.341 e. The van der Waals surface area contributed by atoms with E-state index in [1.807, 2.05) is 4.90 Å². The van der Waals surface area contributed by atoms with Crippen molar-refractivity contribution in [2.75, 3.05) is 19.6 Å². The van der Waals surface area contributed by atoms with Crippen molar-refractivity contribution < 1.29 is 4.79 Å². The number of hydrogen-bond donors (Lipinski definition) is 2. The minimum absolute atomic E-state index is 0.132. The zero-order valence-electron chi connectivity index (χ0n) is 8.54. The van der Waals surface area contributed by atoms with Crippen molar-refractivity contribution in [2.24, 2.45) is 17.4 Å². The molecule has 1 heterocycles. The second-order valence-electron chi connectivity index (χ2n) is 4.53. The lowest BCUT2D eigenvalue weighted by Gasteiger charge is -2.29. The maximum atomic E-state index is 12.0. The summed E-state index contributed by atoms with van der Waals surface area (Å²) in [6.07, 6.45) is 4.25. The first-order valence-corrected chi connectivity index (χ1v) is 5.47. The molecule has 2 fully saturated rings. The van der Waals surface area contributed by atoms with Crippen LogP contribution in [0.4, 0.5) is 0 Å². The Labute approximate surface area is 84.6 Å². The molecule has 0 spiro atoms. The standard InChI is InChI=1S/C10H19N3O/c11-7-8-6-10(8,12)9(14)13-4-2-1-3-5-13/h8H,1-7,11-12H2/t8-,10-/m1/s1. The first kappa shape index (κ1) is 9.93. The average molecular weight is 197 g/mol. The van der Waals surface area contributed by atoms with Gasteiger partial charge in [0.1, 0.15) is 5.54 Å². The van der Waals surface area contributed by atoms with E-state index in [0.29, 0.717) is 6.54 Å². The number of nitrogens with two attached hydrogens (primary N) is 2. The smallest absolute Gasteiger partial charge is 0.243 e. The van der Waals surface area contributed by atoms with E-state index < -0.39 is 5.54 Å². The Morgan fingerprint density at radius 2 is 2.00 bits per heavy atom. The molecule has 4 N–H and O–H groups in total. The third-order valence-corrected chi connectivity index (χ3v) is 3.48. The molecule has 0 bridgehead atoms. The summed E-state index contributed by atoms with van der Waals surface area (Å²) in [7, 11) is 0. The topological polar surface area (TPSA) is 72.3 Å². The lowest BCUT2D eigenvalue weighted by molar-refractivity contribution is -0.134. The number of amides is 1. The van der Waals surface area contributed by atoms with Crippen molar-refractivity contribution >= 4 is 5.91 Å². The molecule has 0 unspecified atom stereocenters. The summed E-state index contributed by atoms with van der Waals surface area (Å²) in [5, 5.41) is 0. The average Bonchev–Trinajstić information content (AvgIpc) is 2.91. The zero-order valence-corrected chi connectivity index (χ0v) is 8.54. The Morgan fingerprint density at radius 3 is 2.50 bits per heavy atom. The molecular weight excluding hydrogens is 178 g/mol. The molecule has 2 atom stereocenters. The second kappa shape index (κ2) is 3.51. The Morgan fingerprint density at radius 1 is 1.36 bits per heavy atom. The van der Waals surface area contributed by atoms with Crippen LogP contribution in [0.25, 0.3) is 0 Å². The van der Waals surface area contributed by atoms with E-state index in [1.54, 1.807) is 0 Å². The minimum Gasteiger partial charge on any atom is -0.341 e. The van der Waals surface area contributed by atoms with Crippen LogP contribution < -0.4 is 11.5 Å². The number of hydrogen-bond acceptors (Lipinski definition) is 3. The third kappa shape index (κ3) is 1.53. The van der Waals surface area contributed by atoms with E-state index in [9.17, 15) is 4.79 Å². The maximum Gasteiger partial charge on any atom is 0.243 e.